The third kappa shape index (κ3) is 43.2. The molecule has 0 heterocycles. The molecule has 4 bridgehead atoms. The molecule has 0 aromatic rings. The van der Waals surface area contributed by atoms with Crippen LogP contribution in [0.25, 0.3) is 0 Å². The topological polar surface area (TPSA) is 184 Å². The standard InChI is InChI=1S/C17H30O2.C17H32O2.C16H28O2.C15H28O2.2C14H26O2.C13H24O2.14CH4/c1-8-14(2,3)13(18)19-17(7)11-12-9-10-16(17,6)15(12,4)5;1-5-16(2,3)15(18)19-17(4)13-11-9-7-6-8-10-12-14-17;1-7-11(2)13(17)18-16(6)10-12-8-9-15(16,5)14(12,3)4;1-5-14(3,4)13(16)17-15(6-2)11-9-7-8-10-12-15;1-5-13(2,3)12(15)16-14(4)10-8-6-7-9-11-14;1-4-12(3)13(15)16-14(5-2)10-8-6-7-9-11-14;1-4-11(2)12(14)15-13(3)9-7-5-6-8-10-13;;;;;;;;;;;;;;/h12H,8-11H2,1-7H3;5-14H2,1-4H3;11-12H,7-10H2,1-6H3;5-12H2,1-4H3;5-11H2,1-4H3;12H,4-11H2,1-3H3;11H,4-10H2,1-3H3;14*1H4. The second-order valence-electron chi connectivity index (χ2n) is 45.2. The minimum atomic E-state index is -0.370. The molecule has 9 saturated carbocycles. The van der Waals surface area contributed by atoms with E-state index in [1.54, 1.807) is 0 Å². The van der Waals surface area contributed by atoms with Gasteiger partial charge in [-0.15, -0.1) is 0 Å². The first-order valence-electron chi connectivity index (χ1n) is 50.3. The van der Waals surface area contributed by atoms with Crippen molar-refractivity contribution in [3.63, 3.8) is 0 Å². The van der Waals surface area contributed by atoms with Gasteiger partial charge in [0.05, 0.1) is 39.4 Å². The molecule has 0 radical (unpaired) electrons. The van der Waals surface area contributed by atoms with Crippen molar-refractivity contribution in [2.45, 2.75) is 666 Å². The van der Waals surface area contributed by atoms with Gasteiger partial charge in [-0.25, -0.2) is 0 Å². The number of carbonyl (C=O) groups excluding carboxylic acids is 7. The van der Waals surface area contributed by atoms with Crippen LogP contribution in [0.3, 0.4) is 0 Å². The summed E-state index contributed by atoms with van der Waals surface area (Å²) in [5.41, 5.74) is -2.07. The minimum absolute atomic E-state index is 0. The fourth-order valence-electron chi connectivity index (χ4n) is 20.0. The van der Waals surface area contributed by atoms with Gasteiger partial charge >= 0.3 is 41.8 Å². The van der Waals surface area contributed by atoms with Crippen molar-refractivity contribution < 1.29 is 66.7 Å². The number of fused-ring (bicyclic) bond motifs is 4. The smallest absolute Gasteiger partial charge is 0.312 e. The van der Waals surface area contributed by atoms with Crippen molar-refractivity contribution in [3.05, 3.63) is 0 Å². The van der Waals surface area contributed by atoms with Crippen molar-refractivity contribution in [1.82, 2.24) is 0 Å². The summed E-state index contributed by atoms with van der Waals surface area (Å²) in [5, 5.41) is 0. The number of rotatable bonds is 23. The number of hydrogen-bond acceptors (Lipinski definition) is 14. The predicted octanol–water partition coefficient (Wildman–Crippen LogP) is 39.2. The van der Waals surface area contributed by atoms with E-state index in [9.17, 15) is 33.6 Å². The normalized spacial score (nSPS) is 24.9. The Kier molecular flexibility index (Phi) is 78.6. The highest BCUT2D eigenvalue weighted by Crippen LogP contribution is 2.72. The zero-order valence-electron chi connectivity index (χ0n) is 84.5. The van der Waals surface area contributed by atoms with E-state index in [0.29, 0.717) is 11.8 Å². The van der Waals surface area contributed by atoms with Crippen LogP contribution in [0.4, 0.5) is 0 Å². The Balaban J connectivity index is -0.000000128. The minimum Gasteiger partial charge on any atom is -0.459 e. The lowest BCUT2D eigenvalue weighted by Gasteiger charge is -2.46. The molecule has 0 aromatic heterocycles. The van der Waals surface area contributed by atoms with Crippen molar-refractivity contribution in [2.75, 3.05) is 0 Å². The molecule has 14 heteroatoms. The van der Waals surface area contributed by atoms with Crippen LogP contribution < -0.4 is 0 Å². The molecule has 0 aliphatic heterocycles. The summed E-state index contributed by atoms with van der Waals surface area (Å²) in [5.74, 6) is 1.42. The Morgan fingerprint density at radius 2 is 0.448 bits per heavy atom. The molecule has 9 aliphatic rings. The summed E-state index contributed by atoms with van der Waals surface area (Å²) < 4.78 is 41.2. The van der Waals surface area contributed by atoms with Crippen molar-refractivity contribution >= 4 is 41.8 Å². The maximum absolute atomic E-state index is 12.5. The van der Waals surface area contributed by atoms with E-state index in [4.69, 9.17) is 33.2 Å². The van der Waals surface area contributed by atoms with Crippen LogP contribution in [0.2, 0.25) is 0 Å². The van der Waals surface area contributed by atoms with Gasteiger partial charge in [-0.2, -0.15) is 0 Å². The summed E-state index contributed by atoms with van der Waals surface area (Å²) in [7, 11) is 0. The molecule has 9 aliphatic carbocycles. The van der Waals surface area contributed by atoms with E-state index in [2.05, 4.69) is 104 Å². The highest BCUT2D eigenvalue weighted by molar-refractivity contribution is 5.78. The zero-order valence-corrected chi connectivity index (χ0v) is 84.5. The molecule has 14 nitrogen and oxygen atoms in total. The van der Waals surface area contributed by atoms with Gasteiger partial charge in [0.25, 0.3) is 0 Å². The molecule has 0 spiro atoms. The Bertz CT molecular complexity index is 3050. The highest BCUT2D eigenvalue weighted by atomic mass is 16.6. The first-order chi connectivity index (χ1) is 55.6. The quantitative estimate of drug-likeness (QED) is 0.0535. The average molecular weight is 1920 g/mol. The summed E-state index contributed by atoms with van der Waals surface area (Å²) in [6.45, 7) is 65.0. The van der Waals surface area contributed by atoms with Crippen LogP contribution in [-0.2, 0) is 66.7 Å². The lowest BCUT2D eigenvalue weighted by Crippen LogP contribution is -2.49. The van der Waals surface area contributed by atoms with Crippen molar-refractivity contribution in [3.8, 4) is 0 Å². The van der Waals surface area contributed by atoms with Crippen molar-refractivity contribution in [2.24, 2.45) is 72.9 Å². The van der Waals surface area contributed by atoms with E-state index in [0.717, 1.165) is 135 Å². The molecule has 9 unspecified atom stereocenters. The summed E-state index contributed by atoms with van der Waals surface area (Å²) in [6.07, 6.45) is 54.2. The first kappa shape index (κ1) is 156. The predicted molar refractivity (Wildman–Crippen MR) is 590 cm³/mol. The molecule has 0 aromatic carbocycles. The van der Waals surface area contributed by atoms with E-state index in [1.807, 2.05) is 111 Å². The third-order valence-electron chi connectivity index (χ3n) is 34.1. The lowest BCUT2D eigenvalue weighted by molar-refractivity contribution is -0.185. The maximum atomic E-state index is 12.5. The molecular weight excluding hydrogens is 1670 g/mol. The number of esters is 7. The average Bonchev–Trinajstić information content (AvgIpc) is 1.54. The van der Waals surface area contributed by atoms with Gasteiger partial charge in [0.1, 0.15) is 39.2 Å². The van der Waals surface area contributed by atoms with Gasteiger partial charge < -0.3 is 33.2 Å². The van der Waals surface area contributed by atoms with Crippen LogP contribution in [0, 0.1) is 72.9 Å². The number of carbonyl (C=O) groups is 7. The molecular formula is C120H250O14. The zero-order chi connectivity index (χ0) is 91.3. The molecule has 814 valence electrons. The molecule has 9 atom stereocenters. The highest BCUT2D eigenvalue weighted by Gasteiger charge is 2.70. The second-order valence-corrected chi connectivity index (χ2v) is 45.2. The Hall–Kier alpha value is -3.71. The van der Waals surface area contributed by atoms with Gasteiger partial charge in [-0.1, -0.05) is 312 Å². The van der Waals surface area contributed by atoms with Gasteiger partial charge in [-0.05, 0) is 337 Å². The SMILES string of the molecule is C.C.C.C.C.C.C.C.C.C.C.C.C.C.CCC(C)(C)C(=O)OC1(C)CC2CCC1(C)C2(C)C.CCC(C)(C)C(=O)OC1(C)CCCCCC1.CCC(C)(C)C(=O)OC1(C)CCCCCCCCC1.CCC(C)C(=O)OC1(C)CC2CCC1(C)C2(C)C.CCC(C)C(=O)OC1(C)CCCCCC1.CCC(C)C(=O)OC1(CC)CCCCCC1.CCC1(OC(=O)C(C)(C)CC)CCCCCC1. The molecule has 0 saturated heterocycles. The molecule has 0 N–H and O–H groups in total. The van der Waals surface area contributed by atoms with Gasteiger partial charge in [0.15, 0.2) is 0 Å². The molecule has 0 amide bonds. The lowest BCUT2D eigenvalue weighted by atomic mass is 9.65. The largest absolute Gasteiger partial charge is 0.459 e. The Morgan fingerprint density at radius 3 is 0.664 bits per heavy atom. The third-order valence-corrected chi connectivity index (χ3v) is 34.1. The van der Waals surface area contributed by atoms with Crippen molar-refractivity contribution in [1.29, 1.82) is 0 Å². The maximum Gasteiger partial charge on any atom is 0.312 e. The van der Waals surface area contributed by atoms with E-state index in [1.165, 1.54) is 173 Å². The van der Waals surface area contributed by atoms with Crippen LogP contribution in [0.15, 0.2) is 0 Å². The Morgan fingerprint density at radius 1 is 0.254 bits per heavy atom. The van der Waals surface area contributed by atoms with E-state index >= 15 is 0 Å². The number of hydrogen-bond donors (Lipinski definition) is 0. The molecule has 9 rings (SSSR count). The second kappa shape index (κ2) is 67.7. The van der Waals surface area contributed by atoms with E-state index in [-0.39, 0.29) is 246 Å². The Labute approximate surface area is 842 Å². The summed E-state index contributed by atoms with van der Waals surface area (Å²) in [6, 6.07) is 0. The van der Waals surface area contributed by atoms with Crippen LogP contribution in [0.5, 0.6) is 0 Å². The van der Waals surface area contributed by atoms with Gasteiger partial charge in [-0.3, -0.25) is 33.6 Å². The van der Waals surface area contributed by atoms with Gasteiger partial charge in [0.2, 0.25) is 0 Å². The van der Waals surface area contributed by atoms with E-state index < -0.39 is 0 Å². The summed E-state index contributed by atoms with van der Waals surface area (Å²) in [4.78, 5) is 84.8. The monoisotopic (exact) mass is 1920 g/mol. The van der Waals surface area contributed by atoms with Gasteiger partial charge in [0, 0.05) is 10.8 Å². The van der Waals surface area contributed by atoms with Crippen LogP contribution >= 0.6 is 0 Å². The molecule has 134 heavy (non-hydrogen) atoms. The van der Waals surface area contributed by atoms with Crippen LogP contribution in [0.1, 0.15) is 627 Å². The number of ether oxygens (including phenoxy) is 7. The van der Waals surface area contributed by atoms with Crippen LogP contribution in [-0.4, -0.2) is 81.0 Å². The molecule has 9 fully saturated rings. The first-order valence-corrected chi connectivity index (χ1v) is 50.3. The summed E-state index contributed by atoms with van der Waals surface area (Å²) >= 11 is 0. The fourth-order valence-corrected chi connectivity index (χ4v) is 20.0. The fraction of sp³-hybridized carbons (Fsp3) is 0.942.